The van der Waals surface area contributed by atoms with E-state index in [4.69, 9.17) is 4.74 Å². The van der Waals surface area contributed by atoms with Crippen molar-refractivity contribution in [2.75, 3.05) is 25.1 Å². The van der Waals surface area contributed by atoms with Gasteiger partial charge in [0.2, 0.25) is 5.91 Å². The van der Waals surface area contributed by atoms with Crippen molar-refractivity contribution in [1.29, 1.82) is 0 Å². The van der Waals surface area contributed by atoms with Crippen molar-refractivity contribution >= 4 is 23.6 Å². The van der Waals surface area contributed by atoms with Gasteiger partial charge in [-0.05, 0) is 12.3 Å². The first-order chi connectivity index (χ1) is 8.66. The summed E-state index contributed by atoms with van der Waals surface area (Å²) in [6.45, 7) is 0.963. The first-order valence-electron chi connectivity index (χ1n) is 5.76. The maximum Gasteiger partial charge on any atom is 0.339 e. The van der Waals surface area contributed by atoms with Crippen LogP contribution in [0.4, 0.5) is 0 Å². The number of carbonyl (C=O) groups excluding carboxylic acids is 2. The maximum absolute atomic E-state index is 11.7. The summed E-state index contributed by atoms with van der Waals surface area (Å²) in [7, 11) is 0. The van der Waals surface area contributed by atoms with Crippen LogP contribution in [0, 0.1) is 0 Å². The lowest BCUT2D eigenvalue weighted by Crippen LogP contribution is -2.61. The minimum Gasteiger partial charge on any atom is -0.447 e. The van der Waals surface area contributed by atoms with Gasteiger partial charge in [-0.1, -0.05) is 18.2 Å². The first-order valence-corrected chi connectivity index (χ1v) is 7.15. The summed E-state index contributed by atoms with van der Waals surface area (Å²) in [5.74, 6) is 0.308. The quantitative estimate of drug-likeness (QED) is 0.754. The van der Waals surface area contributed by atoms with E-state index in [1.165, 1.54) is 11.8 Å². The molecular weight excluding hydrogens is 250 g/mol. The van der Waals surface area contributed by atoms with Gasteiger partial charge in [0.15, 0.2) is 5.60 Å². The number of nitrogens with zero attached hydrogens (tertiary/aromatic N) is 1. The molecule has 2 aliphatic heterocycles. The molecule has 94 valence electrons. The predicted octanol–water partition coefficient (Wildman–Crippen LogP) is 1.26. The number of esters is 1. The fourth-order valence-electron chi connectivity index (χ4n) is 2.54. The number of benzene rings is 1. The predicted molar refractivity (Wildman–Crippen MR) is 68.5 cm³/mol. The number of thioether (sulfide) groups is 1. The van der Waals surface area contributed by atoms with Crippen LogP contribution in [0.3, 0.4) is 0 Å². The monoisotopic (exact) mass is 263 g/mol. The van der Waals surface area contributed by atoms with E-state index in [1.807, 2.05) is 24.5 Å². The minimum atomic E-state index is -0.582. The van der Waals surface area contributed by atoms with Gasteiger partial charge in [0.1, 0.15) is 0 Å². The van der Waals surface area contributed by atoms with E-state index in [-0.39, 0.29) is 11.9 Å². The zero-order valence-corrected chi connectivity index (χ0v) is 10.8. The average molecular weight is 263 g/mol. The fraction of sp³-hybridized carbons (Fsp3) is 0.385. The van der Waals surface area contributed by atoms with Gasteiger partial charge in [0, 0.05) is 5.56 Å². The Morgan fingerprint density at radius 2 is 2.17 bits per heavy atom. The molecule has 0 bridgehead atoms. The van der Waals surface area contributed by atoms with Crippen LogP contribution in [0.2, 0.25) is 0 Å². The molecule has 5 heteroatoms. The summed E-state index contributed by atoms with van der Waals surface area (Å²) in [6.07, 6.45) is 1.90. The number of fused-ring (bicyclic) bond motifs is 2. The maximum atomic E-state index is 11.7. The Labute approximate surface area is 109 Å². The Bertz CT molecular complexity index is 523. The molecule has 0 N–H and O–H groups in total. The molecule has 0 saturated carbocycles. The minimum absolute atomic E-state index is 0.105. The van der Waals surface area contributed by atoms with E-state index in [0.29, 0.717) is 24.4 Å². The largest absolute Gasteiger partial charge is 0.447 e. The lowest BCUT2D eigenvalue weighted by atomic mass is 9.85. The van der Waals surface area contributed by atoms with Gasteiger partial charge in [-0.15, -0.1) is 0 Å². The molecule has 2 aliphatic rings. The molecular formula is C13H13NO3S. The van der Waals surface area contributed by atoms with E-state index in [1.54, 1.807) is 11.0 Å². The highest BCUT2D eigenvalue weighted by Gasteiger charge is 2.55. The molecule has 3 rings (SSSR count). The van der Waals surface area contributed by atoms with E-state index in [0.717, 1.165) is 5.56 Å². The number of amides is 1. The van der Waals surface area contributed by atoms with Crippen molar-refractivity contribution in [1.82, 2.24) is 4.90 Å². The Morgan fingerprint density at radius 3 is 2.89 bits per heavy atom. The average Bonchev–Trinajstić information content (AvgIpc) is 2.62. The van der Waals surface area contributed by atoms with Gasteiger partial charge >= 0.3 is 5.97 Å². The number of carbonyl (C=O) groups is 2. The molecule has 4 nitrogen and oxygen atoms in total. The molecule has 0 aromatic heterocycles. The van der Waals surface area contributed by atoms with Crippen molar-refractivity contribution in [3.63, 3.8) is 0 Å². The fourth-order valence-corrected chi connectivity index (χ4v) is 2.97. The molecule has 1 spiro atoms. The number of rotatable bonds is 2. The van der Waals surface area contributed by atoms with Gasteiger partial charge in [-0.25, -0.2) is 4.79 Å². The molecule has 1 saturated heterocycles. The van der Waals surface area contributed by atoms with Crippen LogP contribution in [0.5, 0.6) is 0 Å². The van der Waals surface area contributed by atoms with E-state index >= 15 is 0 Å². The molecule has 0 aliphatic carbocycles. The molecule has 1 aromatic rings. The van der Waals surface area contributed by atoms with Gasteiger partial charge in [-0.3, -0.25) is 4.79 Å². The Morgan fingerprint density at radius 1 is 1.44 bits per heavy atom. The number of hydrogen-bond donors (Lipinski definition) is 0. The second-order valence-corrected chi connectivity index (χ2v) is 5.48. The van der Waals surface area contributed by atoms with Crippen LogP contribution < -0.4 is 0 Å². The lowest BCUT2D eigenvalue weighted by molar-refractivity contribution is -0.153. The molecule has 1 fully saturated rings. The van der Waals surface area contributed by atoms with Crippen LogP contribution >= 0.6 is 11.8 Å². The van der Waals surface area contributed by atoms with Crippen molar-refractivity contribution in [2.45, 2.75) is 5.60 Å². The van der Waals surface area contributed by atoms with E-state index in [2.05, 4.69) is 0 Å². The summed E-state index contributed by atoms with van der Waals surface area (Å²) in [5.41, 5.74) is 0.972. The number of ether oxygens (including phenoxy) is 1. The second kappa shape index (κ2) is 4.02. The summed E-state index contributed by atoms with van der Waals surface area (Å²) in [6, 6.07) is 7.42. The molecule has 0 radical (unpaired) electrons. The normalized spacial score (nSPS) is 19.4. The van der Waals surface area contributed by atoms with Gasteiger partial charge in [0.25, 0.3) is 0 Å². The van der Waals surface area contributed by atoms with Crippen LogP contribution in [-0.2, 0) is 15.1 Å². The van der Waals surface area contributed by atoms with Gasteiger partial charge in [-0.2, -0.15) is 11.8 Å². The lowest BCUT2D eigenvalue weighted by Gasteiger charge is -2.46. The highest BCUT2D eigenvalue weighted by atomic mass is 32.2. The van der Waals surface area contributed by atoms with Crippen LogP contribution in [0.1, 0.15) is 15.9 Å². The number of hydrogen-bond acceptors (Lipinski definition) is 4. The van der Waals surface area contributed by atoms with E-state index < -0.39 is 5.60 Å². The summed E-state index contributed by atoms with van der Waals surface area (Å²) < 4.78 is 5.47. The van der Waals surface area contributed by atoms with Crippen LogP contribution in [0.25, 0.3) is 0 Å². The zero-order chi connectivity index (χ0) is 12.8. The van der Waals surface area contributed by atoms with Crippen LogP contribution in [-0.4, -0.2) is 41.9 Å². The van der Waals surface area contributed by atoms with Gasteiger partial charge < -0.3 is 9.64 Å². The van der Waals surface area contributed by atoms with Crippen molar-refractivity contribution in [3.05, 3.63) is 35.4 Å². The third-order valence-corrected chi connectivity index (χ3v) is 3.97. The van der Waals surface area contributed by atoms with Crippen LogP contribution in [0.15, 0.2) is 24.3 Å². The summed E-state index contributed by atoms with van der Waals surface area (Å²) in [4.78, 5) is 25.2. The van der Waals surface area contributed by atoms with E-state index in [9.17, 15) is 9.59 Å². The third kappa shape index (κ3) is 1.54. The summed E-state index contributed by atoms with van der Waals surface area (Å²) >= 11 is 1.51. The molecule has 1 aromatic carbocycles. The molecule has 18 heavy (non-hydrogen) atoms. The molecule has 0 atom stereocenters. The second-order valence-electron chi connectivity index (χ2n) is 4.61. The third-order valence-electron chi connectivity index (χ3n) is 3.44. The van der Waals surface area contributed by atoms with Crippen molar-refractivity contribution < 1.29 is 14.3 Å². The summed E-state index contributed by atoms with van der Waals surface area (Å²) in [5, 5.41) is 0. The molecule has 0 unspecified atom stereocenters. The molecule has 2 heterocycles. The molecule has 1 amide bonds. The van der Waals surface area contributed by atoms with Crippen molar-refractivity contribution in [2.24, 2.45) is 0 Å². The number of likely N-dealkylation sites (tertiary alicyclic amines) is 1. The zero-order valence-electron chi connectivity index (χ0n) is 10.0. The highest BCUT2D eigenvalue weighted by molar-refractivity contribution is 7.99. The Balaban J connectivity index is 1.81. The van der Waals surface area contributed by atoms with Gasteiger partial charge in [0.05, 0.1) is 24.4 Å². The first kappa shape index (κ1) is 11.6. The van der Waals surface area contributed by atoms with Crippen molar-refractivity contribution in [3.8, 4) is 0 Å². The Hall–Kier alpha value is -1.49. The SMILES string of the molecule is CSCC(=O)N1CC2(C1)OC(=O)c1ccccc12. The Kier molecular flexibility index (Phi) is 2.59. The smallest absolute Gasteiger partial charge is 0.339 e. The topological polar surface area (TPSA) is 46.6 Å². The highest BCUT2D eigenvalue weighted by Crippen LogP contribution is 2.43. The standard InChI is InChI=1S/C13H13NO3S/c1-18-6-11(15)14-7-13(8-14)10-5-3-2-4-9(10)12(16)17-13/h2-5H,6-8H2,1H3.